The van der Waals surface area contributed by atoms with Gasteiger partial charge in [0.25, 0.3) is 0 Å². The van der Waals surface area contributed by atoms with Crippen LogP contribution in [-0.4, -0.2) is 37.1 Å². The number of nitrogens with one attached hydrogen (secondary N) is 1. The van der Waals surface area contributed by atoms with Gasteiger partial charge in [-0.2, -0.15) is 0 Å². The van der Waals surface area contributed by atoms with Gasteiger partial charge in [-0.1, -0.05) is 46.0 Å². The van der Waals surface area contributed by atoms with Gasteiger partial charge in [0.05, 0.1) is 0 Å². The van der Waals surface area contributed by atoms with Gasteiger partial charge in [0, 0.05) is 11.6 Å². The molecule has 1 N–H and O–H groups in total. The Kier molecular flexibility index (Phi) is 5.92. The molecule has 0 saturated heterocycles. The Hall–Kier alpha value is -0.0800. The van der Waals surface area contributed by atoms with Crippen molar-refractivity contribution in [2.45, 2.75) is 83.2 Å². The molecule has 0 amide bonds. The van der Waals surface area contributed by atoms with Gasteiger partial charge in [-0.05, 0) is 58.2 Å². The van der Waals surface area contributed by atoms with Crippen molar-refractivity contribution < 1.29 is 0 Å². The zero-order valence-electron chi connectivity index (χ0n) is 14.3. The fourth-order valence-electron chi connectivity index (χ4n) is 5.05. The average molecular weight is 280 g/mol. The van der Waals surface area contributed by atoms with Crippen molar-refractivity contribution in [1.29, 1.82) is 0 Å². The highest BCUT2D eigenvalue weighted by Gasteiger charge is 2.46. The maximum Gasteiger partial charge on any atom is 0.0359 e. The lowest BCUT2D eigenvalue weighted by atomic mass is 9.70. The Morgan fingerprint density at radius 3 is 2.35 bits per heavy atom. The first-order chi connectivity index (χ1) is 9.64. The second-order valence-corrected chi connectivity index (χ2v) is 7.44. The fourth-order valence-corrected chi connectivity index (χ4v) is 5.05. The molecule has 2 aliphatic rings. The molecular formula is C18H36N2. The normalized spacial score (nSPS) is 31.6. The van der Waals surface area contributed by atoms with Crippen molar-refractivity contribution in [3.63, 3.8) is 0 Å². The van der Waals surface area contributed by atoms with Crippen LogP contribution < -0.4 is 5.32 Å². The molecular weight excluding hydrogens is 244 g/mol. The number of hydrogen-bond acceptors (Lipinski definition) is 2. The highest BCUT2D eigenvalue weighted by molar-refractivity contribution is 5.05. The van der Waals surface area contributed by atoms with Gasteiger partial charge in [-0.15, -0.1) is 0 Å². The fraction of sp³-hybridized carbons (Fsp3) is 1.00. The Bertz CT molecular complexity index is 281. The molecule has 0 bridgehead atoms. The van der Waals surface area contributed by atoms with E-state index in [1.807, 2.05) is 0 Å². The summed E-state index contributed by atoms with van der Waals surface area (Å²) >= 11 is 0. The van der Waals surface area contributed by atoms with Crippen LogP contribution in [0.25, 0.3) is 0 Å². The molecule has 20 heavy (non-hydrogen) atoms. The third-order valence-corrected chi connectivity index (χ3v) is 6.24. The number of hydrogen-bond donors (Lipinski definition) is 1. The van der Waals surface area contributed by atoms with E-state index in [1.54, 1.807) is 0 Å². The first-order valence-electron chi connectivity index (χ1n) is 9.04. The molecule has 0 aliphatic heterocycles. The van der Waals surface area contributed by atoms with Crippen LogP contribution >= 0.6 is 0 Å². The standard InChI is InChI=1S/C18H36N2/c1-5-15-10-9-11-16(14-15)17(19-6-2)18(20(3)4)12-7-8-13-18/h15-17,19H,5-14H2,1-4H3. The maximum atomic E-state index is 3.92. The summed E-state index contributed by atoms with van der Waals surface area (Å²) in [6, 6.07) is 0.708. The summed E-state index contributed by atoms with van der Waals surface area (Å²) in [6.45, 7) is 5.78. The van der Waals surface area contributed by atoms with Gasteiger partial charge in [0.15, 0.2) is 0 Å². The van der Waals surface area contributed by atoms with Crippen LogP contribution in [0, 0.1) is 11.8 Å². The molecule has 2 heteroatoms. The lowest BCUT2D eigenvalue weighted by Crippen LogP contribution is -2.61. The Morgan fingerprint density at radius 2 is 1.80 bits per heavy atom. The first kappa shape index (κ1) is 16.3. The summed E-state index contributed by atoms with van der Waals surface area (Å²) in [4.78, 5) is 2.56. The van der Waals surface area contributed by atoms with Gasteiger partial charge in [0.1, 0.15) is 0 Å². The van der Waals surface area contributed by atoms with Gasteiger partial charge >= 0.3 is 0 Å². The molecule has 2 aliphatic carbocycles. The van der Waals surface area contributed by atoms with Crippen molar-refractivity contribution in [2.75, 3.05) is 20.6 Å². The second-order valence-electron chi connectivity index (χ2n) is 7.44. The topological polar surface area (TPSA) is 15.3 Å². The van der Waals surface area contributed by atoms with E-state index >= 15 is 0 Å². The minimum absolute atomic E-state index is 0.427. The second kappa shape index (κ2) is 7.26. The van der Waals surface area contributed by atoms with E-state index in [9.17, 15) is 0 Å². The van der Waals surface area contributed by atoms with Crippen LogP contribution in [0.15, 0.2) is 0 Å². The summed E-state index contributed by atoms with van der Waals surface area (Å²) in [5.41, 5.74) is 0.427. The zero-order chi connectivity index (χ0) is 14.6. The summed E-state index contributed by atoms with van der Waals surface area (Å²) in [7, 11) is 4.63. The number of nitrogens with zero attached hydrogens (tertiary/aromatic N) is 1. The van der Waals surface area contributed by atoms with Crippen molar-refractivity contribution in [3.8, 4) is 0 Å². The van der Waals surface area contributed by atoms with Crippen LogP contribution in [0.4, 0.5) is 0 Å². The molecule has 3 atom stereocenters. The van der Waals surface area contributed by atoms with E-state index in [0.717, 1.165) is 18.4 Å². The summed E-state index contributed by atoms with van der Waals surface area (Å²) in [5, 5.41) is 3.92. The van der Waals surface area contributed by atoms with E-state index in [4.69, 9.17) is 0 Å². The van der Waals surface area contributed by atoms with Crippen LogP contribution in [-0.2, 0) is 0 Å². The number of likely N-dealkylation sites (N-methyl/N-ethyl adjacent to an activating group) is 2. The van der Waals surface area contributed by atoms with Crippen LogP contribution in [0.2, 0.25) is 0 Å². The molecule has 0 aromatic heterocycles. The highest BCUT2D eigenvalue weighted by atomic mass is 15.2. The van der Waals surface area contributed by atoms with Gasteiger partial charge < -0.3 is 10.2 Å². The van der Waals surface area contributed by atoms with E-state index in [-0.39, 0.29) is 0 Å². The molecule has 3 unspecified atom stereocenters. The third kappa shape index (κ3) is 3.22. The molecule has 0 radical (unpaired) electrons. The highest BCUT2D eigenvalue weighted by Crippen LogP contribution is 2.43. The molecule has 0 aromatic carbocycles. The van der Waals surface area contributed by atoms with Crippen molar-refractivity contribution >= 4 is 0 Å². The molecule has 0 aromatic rings. The zero-order valence-corrected chi connectivity index (χ0v) is 14.3. The lowest BCUT2D eigenvalue weighted by molar-refractivity contribution is 0.0529. The SMILES string of the molecule is CCNC(C1CCCC(CC)C1)C1(N(C)C)CCCC1. The summed E-state index contributed by atoms with van der Waals surface area (Å²) in [5.74, 6) is 1.88. The van der Waals surface area contributed by atoms with Crippen LogP contribution in [0.5, 0.6) is 0 Å². The molecule has 2 fully saturated rings. The average Bonchev–Trinajstić information content (AvgIpc) is 2.95. The van der Waals surface area contributed by atoms with Crippen molar-refractivity contribution in [3.05, 3.63) is 0 Å². The van der Waals surface area contributed by atoms with Crippen LogP contribution in [0.1, 0.15) is 71.6 Å². The van der Waals surface area contributed by atoms with Crippen molar-refractivity contribution in [1.82, 2.24) is 10.2 Å². The van der Waals surface area contributed by atoms with E-state index in [2.05, 4.69) is 38.2 Å². The predicted molar refractivity (Wildman–Crippen MR) is 88.1 cm³/mol. The largest absolute Gasteiger partial charge is 0.312 e. The molecule has 118 valence electrons. The smallest absolute Gasteiger partial charge is 0.0359 e. The summed E-state index contributed by atoms with van der Waals surface area (Å²) in [6.07, 6.45) is 12.8. The van der Waals surface area contributed by atoms with Crippen LogP contribution in [0.3, 0.4) is 0 Å². The molecule has 0 heterocycles. The molecule has 2 rings (SSSR count). The monoisotopic (exact) mass is 280 g/mol. The first-order valence-corrected chi connectivity index (χ1v) is 9.04. The minimum atomic E-state index is 0.427. The molecule has 2 saturated carbocycles. The molecule has 2 nitrogen and oxygen atoms in total. The predicted octanol–water partition coefficient (Wildman–Crippen LogP) is 4.06. The quantitative estimate of drug-likeness (QED) is 0.789. The van der Waals surface area contributed by atoms with E-state index < -0.39 is 0 Å². The Labute approximate surface area is 126 Å². The minimum Gasteiger partial charge on any atom is -0.312 e. The van der Waals surface area contributed by atoms with Gasteiger partial charge in [0.2, 0.25) is 0 Å². The third-order valence-electron chi connectivity index (χ3n) is 6.24. The maximum absolute atomic E-state index is 3.92. The Balaban J connectivity index is 2.16. The lowest BCUT2D eigenvalue weighted by Gasteiger charge is -2.49. The van der Waals surface area contributed by atoms with Gasteiger partial charge in [-0.3, -0.25) is 0 Å². The Morgan fingerprint density at radius 1 is 1.10 bits per heavy atom. The summed E-state index contributed by atoms with van der Waals surface area (Å²) < 4.78 is 0. The van der Waals surface area contributed by atoms with Crippen molar-refractivity contribution in [2.24, 2.45) is 11.8 Å². The van der Waals surface area contributed by atoms with E-state index in [0.29, 0.717) is 11.6 Å². The van der Waals surface area contributed by atoms with Gasteiger partial charge in [-0.25, -0.2) is 0 Å². The number of rotatable bonds is 6. The van der Waals surface area contributed by atoms with E-state index in [1.165, 1.54) is 57.8 Å². The molecule has 0 spiro atoms.